The molecule has 10 heteroatoms. The summed E-state index contributed by atoms with van der Waals surface area (Å²) < 4.78 is 6.19. The Morgan fingerprint density at radius 2 is 2.30 bits per heavy atom. The van der Waals surface area contributed by atoms with Crippen molar-refractivity contribution in [2.75, 3.05) is 18.4 Å². The molecule has 8 nitrogen and oxygen atoms in total. The highest BCUT2D eigenvalue weighted by Crippen LogP contribution is 2.32. The number of hydrogen-bond donors (Lipinski definition) is 3. The summed E-state index contributed by atoms with van der Waals surface area (Å²) in [5.41, 5.74) is 3.75. The van der Waals surface area contributed by atoms with Crippen LogP contribution in [0.25, 0.3) is 16.8 Å². The molecule has 4 aromatic rings. The van der Waals surface area contributed by atoms with Crippen LogP contribution in [0.3, 0.4) is 0 Å². The van der Waals surface area contributed by atoms with Gasteiger partial charge in [0.15, 0.2) is 5.65 Å². The fourth-order valence-corrected chi connectivity index (χ4v) is 4.91. The highest BCUT2D eigenvalue weighted by Gasteiger charge is 2.19. The average molecular weight is 399 g/mol. The van der Waals surface area contributed by atoms with Crippen LogP contribution in [0, 0.1) is 6.92 Å². The molecule has 0 aromatic carbocycles. The van der Waals surface area contributed by atoms with Crippen LogP contribution in [-0.2, 0) is 0 Å². The van der Waals surface area contributed by atoms with Crippen LogP contribution in [0.2, 0.25) is 0 Å². The van der Waals surface area contributed by atoms with Crippen molar-refractivity contribution in [3.63, 3.8) is 0 Å². The number of hydrogen-bond acceptors (Lipinski definition) is 8. The van der Waals surface area contributed by atoms with Gasteiger partial charge < -0.3 is 10.6 Å². The van der Waals surface area contributed by atoms with E-state index < -0.39 is 0 Å². The third kappa shape index (κ3) is 3.31. The number of aromatic nitrogens is 6. The normalized spacial score (nSPS) is 17.0. The first-order valence-electron chi connectivity index (χ1n) is 8.72. The minimum atomic E-state index is 0.541. The summed E-state index contributed by atoms with van der Waals surface area (Å²) in [5.74, 6) is 0.881. The smallest absolute Gasteiger partial charge is 0.166 e. The second-order valence-corrected chi connectivity index (χ2v) is 8.58. The van der Waals surface area contributed by atoms with Gasteiger partial charge in [0.25, 0.3) is 0 Å². The number of aromatic amines is 1. The van der Waals surface area contributed by atoms with Crippen LogP contribution in [0.15, 0.2) is 35.7 Å². The van der Waals surface area contributed by atoms with Gasteiger partial charge in [-0.05, 0) is 37.5 Å². The topological polar surface area (TPSA) is 95.8 Å². The van der Waals surface area contributed by atoms with E-state index in [4.69, 9.17) is 4.98 Å². The Morgan fingerprint density at radius 3 is 3.04 bits per heavy atom. The molecule has 1 saturated heterocycles. The van der Waals surface area contributed by atoms with Gasteiger partial charge in [0.05, 0.1) is 18.1 Å². The first kappa shape index (κ1) is 16.7. The van der Waals surface area contributed by atoms with Crippen LogP contribution < -0.4 is 10.6 Å². The lowest BCUT2D eigenvalue weighted by Gasteiger charge is -2.11. The summed E-state index contributed by atoms with van der Waals surface area (Å²) in [5, 5.41) is 20.9. The molecule has 138 valence electrons. The first-order valence-corrected chi connectivity index (χ1v) is 10.4. The van der Waals surface area contributed by atoms with Crippen molar-refractivity contribution in [2.24, 2.45) is 0 Å². The average Bonchev–Trinajstić information content (AvgIpc) is 3.42. The summed E-state index contributed by atoms with van der Waals surface area (Å²) in [7, 11) is 0. The number of H-pyrrole nitrogens is 1. The quantitative estimate of drug-likeness (QED) is 0.445. The van der Waals surface area contributed by atoms with Gasteiger partial charge >= 0.3 is 0 Å². The number of aryl methyl sites for hydroxylation is 1. The zero-order valence-electron chi connectivity index (χ0n) is 14.6. The Bertz CT molecular complexity index is 1060. The second kappa shape index (κ2) is 6.95. The Hall–Kier alpha value is -2.43. The molecule has 3 N–H and O–H groups in total. The number of fused-ring (bicyclic) bond motifs is 1. The first-order chi connectivity index (χ1) is 13.3. The third-order valence-corrected chi connectivity index (χ3v) is 6.42. The number of rotatable bonds is 5. The van der Waals surface area contributed by atoms with E-state index in [2.05, 4.69) is 36.4 Å². The number of nitrogens with one attached hydrogen (secondary N) is 3. The van der Waals surface area contributed by atoms with Gasteiger partial charge in [0.1, 0.15) is 15.8 Å². The minimum Gasteiger partial charge on any atom is -0.330 e. The summed E-state index contributed by atoms with van der Waals surface area (Å²) in [4.78, 5) is 4.90. The third-order valence-electron chi connectivity index (χ3n) is 4.44. The largest absolute Gasteiger partial charge is 0.330 e. The molecule has 0 spiro atoms. The van der Waals surface area contributed by atoms with E-state index in [0.717, 1.165) is 57.8 Å². The van der Waals surface area contributed by atoms with E-state index in [0.29, 0.717) is 5.25 Å². The lowest BCUT2D eigenvalue weighted by Crippen LogP contribution is -2.10. The zero-order valence-corrected chi connectivity index (χ0v) is 16.3. The Kier molecular flexibility index (Phi) is 4.30. The standard InChI is InChI=1S/C17H18N8S2/c1-10-4-16(27-24-10)22-14-5-15(26-12-2-3-18-8-12)23-17-13(9-21-25(14)17)11-6-19-20-7-11/h4-7,9,12,18,22H,2-3,8H2,1H3,(H,19,20). The van der Waals surface area contributed by atoms with Crippen molar-refractivity contribution in [3.05, 3.63) is 36.4 Å². The molecule has 0 bridgehead atoms. The van der Waals surface area contributed by atoms with Crippen molar-refractivity contribution < 1.29 is 0 Å². The molecule has 1 fully saturated rings. The molecule has 1 unspecified atom stereocenters. The number of thioether (sulfide) groups is 1. The molecule has 5 rings (SSSR count). The van der Waals surface area contributed by atoms with E-state index in [1.165, 1.54) is 11.5 Å². The summed E-state index contributed by atoms with van der Waals surface area (Å²) in [6, 6.07) is 4.10. The van der Waals surface area contributed by atoms with E-state index in [9.17, 15) is 0 Å². The second-order valence-electron chi connectivity index (χ2n) is 6.45. The number of nitrogens with zero attached hydrogens (tertiary/aromatic N) is 5. The summed E-state index contributed by atoms with van der Waals surface area (Å²) in [6.45, 7) is 4.07. The minimum absolute atomic E-state index is 0.541. The molecule has 0 radical (unpaired) electrons. The van der Waals surface area contributed by atoms with E-state index in [1.54, 1.807) is 6.20 Å². The van der Waals surface area contributed by atoms with Gasteiger partial charge in [-0.2, -0.15) is 19.1 Å². The number of anilines is 2. The van der Waals surface area contributed by atoms with E-state index in [-0.39, 0.29) is 0 Å². The van der Waals surface area contributed by atoms with Crippen LogP contribution >= 0.6 is 23.3 Å². The highest BCUT2D eigenvalue weighted by molar-refractivity contribution is 7.99. The molecule has 0 saturated carbocycles. The lowest BCUT2D eigenvalue weighted by molar-refractivity contribution is 0.858. The fraction of sp³-hybridized carbons (Fsp3) is 0.294. The zero-order chi connectivity index (χ0) is 18.2. The van der Waals surface area contributed by atoms with Crippen LogP contribution in [0.5, 0.6) is 0 Å². The highest BCUT2D eigenvalue weighted by atomic mass is 32.2. The maximum Gasteiger partial charge on any atom is 0.166 e. The molecule has 0 amide bonds. The molecule has 27 heavy (non-hydrogen) atoms. The predicted octanol–water partition coefficient (Wildman–Crippen LogP) is 3.08. The molecule has 1 atom stereocenters. The van der Waals surface area contributed by atoms with Crippen LogP contribution in [0.1, 0.15) is 12.1 Å². The fourth-order valence-electron chi connectivity index (χ4n) is 3.14. The van der Waals surface area contributed by atoms with E-state index in [1.807, 2.05) is 41.7 Å². The SMILES string of the molecule is Cc1cc(Nc2cc(SC3CCNC3)nc3c(-c4cn[nH]c4)cnn23)sn1. The van der Waals surface area contributed by atoms with Gasteiger partial charge in [-0.15, -0.1) is 11.8 Å². The molecular formula is C17H18N8S2. The van der Waals surface area contributed by atoms with E-state index >= 15 is 0 Å². The maximum atomic E-state index is 4.90. The van der Waals surface area contributed by atoms with Crippen LogP contribution in [-0.4, -0.2) is 47.5 Å². The van der Waals surface area contributed by atoms with Gasteiger partial charge in [-0.3, -0.25) is 5.10 Å². The van der Waals surface area contributed by atoms with Gasteiger partial charge in [0, 0.05) is 35.2 Å². The monoisotopic (exact) mass is 398 g/mol. The van der Waals surface area contributed by atoms with Crippen molar-refractivity contribution in [3.8, 4) is 11.1 Å². The maximum absolute atomic E-state index is 4.90. The van der Waals surface area contributed by atoms with Crippen molar-refractivity contribution >= 4 is 39.8 Å². The van der Waals surface area contributed by atoms with Crippen molar-refractivity contribution in [2.45, 2.75) is 23.6 Å². The van der Waals surface area contributed by atoms with Gasteiger partial charge in [-0.25, -0.2) is 4.98 Å². The molecular weight excluding hydrogens is 380 g/mol. The molecule has 0 aliphatic carbocycles. The van der Waals surface area contributed by atoms with Gasteiger partial charge in [0.2, 0.25) is 0 Å². The van der Waals surface area contributed by atoms with Gasteiger partial charge in [-0.1, -0.05) is 0 Å². The molecule has 1 aliphatic rings. The molecule has 5 heterocycles. The summed E-state index contributed by atoms with van der Waals surface area (Å²) in [6.07, 6.45) is 6.64. The Balaban J connectivity index is 1.59. The summed E-state index contributed by atoms with van der Waals surface area (Å²) >= 11 is 3.26. The predicted molar refractivity (Wildman–Crippen MR) is 108 cm³/mol. The molecule has 1 aliphatic heterocycles. The lowest BCUT2D eigenvalue weighted by atomic mass is 10.2. The van der Waals surface area contributed by atoms with Crippen molar-refractivity contribution in [1.29, 1.82) is 0 Å². The molecule has 4 aromatic heterocycles. The Morgan fingerprint density at radius 1 is 1.33 bits per heavy atom. The van der Waals surface area contributed by atoms with Crippen molar-refractivity contribution in [1.82, 2.24) is 34.5 Å². The Labute approximate surface area is 164 Å². The van der Waals surface area contributed by atoms with Crippen LogP contribution in [0.4, 0.5) is 10.8 Å².